The van der Waals surface area contributed by atoms with Crippen LogP contribution in [0, 0.1) is 0 Å². The highest BCUT2D eigenvalue weighted by molar-refractivity contribution is 7.85. The van der Waals surface area contributed by atoms with Gasteiger partial charge in [-0.15, -0.1) is 0 Å². The zero-order valence-electron chi connectivity index (χ0n) is 27.1. The molecule has 46 heavy (non-hydrogen) atoms. The van der Waals surface area contributed by atoms with Gasteiger partial charge >= 0.3 is 6.03 Å². The number of nitrogens with one attached hydrogen (secondary N) is 3. The first kappa shape index (κ1) is 37.6. The van der Waals surface area contributed by atoms with Gasteiger partial charge in [-0.2, -0.15) is 8.42 Å². The molecule has 3 rings (SSSR count). The van der Waals surface area contributed by atoms with Crippen molar-refractivity contribution in [2.24, 2.45) is 0 Å². The Morgan fingerprint density at radius 1 is 0.978 bits per heavy atom. The molecule has 0 aliphatic heterocycles. The summed E-state index contributed by atoms with van der Waals surface area (Å²) in [5.74, 6) is 1.48. The Balaban J connectivity index is 0.00000136. The molecule has 0 aliphatic carbocycles. The average Bonchev–Trinajstić information content (AvgIpc) is 3.37. The van der Waals surface area contributed by atoms with Crippen LogP contribution >= 0.6 is 0 Å². The van der Waals surface area contributed by atoms with Gasteiger partial charge in [0.1, 0.15) is 5.75 Å². The Hall–Kier alpha value is -4.57. The molecule has 4 amide bonds. The molecular formula is C30H43N5O10S. The van der Waals surface area contributed by atoms with Gasteiger partial charge in [-0.3, -0.25) is 14.1 Å². The third kappa shape index (κ3) is 12.4. The number of fused-ring (bicyclic) bond motifs is 1. The van der Waals surface area contributed by atoms with Crippen molar-refractivity contribution < 1.29 is 46.1 Å². The number of aromatic nitrogens is 1. The largest absolute Gasteiger partial charge is 0.493 e. The van der Waals surface area contributed by atoms with Crippen LogP contribution in [0.3, 0.4) is 0 Å². The minimum Gasteiger partial charge on any atom is -0.493 e. The molecule has 0 aliphatic rings. The molecule has 1 aromatic heterocycles. The molecule has 254 valence electrons. The minimum absolute atomic E-state index is 0.0448. The van der Waals surface area contributed by atoms with Crippen molar-refractivity contribution in [1.82, 2.24) is 20.7 Å². The predicted octanol–water partition coefficient (Wildman–Crippen LogP) is 3.70. The molecule has 4 N–H and O–H groups in total. The van der Waals surface area contributed by atoms with E-state index in [1.807, 2.05) is 32.6 Å². The minimum atomic E-state index is -3.67. The Kier molecular flexibility index (Phi) is 14.6. The number of carbonyl (C=O) groups excluding carboxylic acids is 3. The Bertz CT molecular complexity index is 1560. The summed E-state index contributed by atoms with van der Waals surface area (Å²) in [5, 5.41) is 11.9. The number of methoxy groups -OCH3 is 1. The quantitative estimate of drug-likeness (QED) is 0.145. The summed E-state index contributed by atoms with van der Waals surface area (Å²) in [6.07, 6.45) is 2.20. The molecule has 0 bridgehead atoms. The normalized spacial score (nSPS) is 11.0. The van der Waals surface area contributed by atoms with Crippen LogP contribution in [0.15, 0.2) is 40.9 Å². The first-order valence-corrected chi connectivity index (χ1v) is 16.3. The Morgan fingerprint density at radius 3 is 2.20 bits per heavy atom. The molecule has 0 unspecified atom stereocenters. The fourth-order valence-electron chi connectivity index (χ4n) is 4.23. The van der Waals surface area contributed by atoms with Crippen molar-refractivity contribution in [2.45, 2.75) is 52.6 Å². The van der Waals surface area contributed by atoms with Crippen molar-refractivity contribution in [3.63, 3.8) is 0 Å². The van der Waals surface area contributed by atoms with E-state index in [0.717, 1.165) is 12.8 Å². The lowest BCUT2D eigenvalue weighted by atomic mass is 10.1. The van der Waals surface area contributed by atoms with Crippen molar-refractivity contribution in [3.05, 3.63) is 42.0 Å². The molecule has 2 aromatic carbocycles. The van der Waals surface area contributed by atoms with Gasteiger partial charge in [0.05, 0.1) is 38.5 Å². The molecule has 0 radical (unpaired) electrons. The van der Waals surface area contributed by atoms with Crippen LogP contribution < -0.4 is 30.2 Å². The Morgan fingerprint density at radius 2 is 1.61 bits per heavy atom. The smallest absolute Gasteiger partial charge is 0.314 e. The zero-order chi connectivity index (χ0) is 34.4. The van der Waals surface area contributed by atoms with Crippen LogP contribution in [0.2, 0.25) is 0 Å². The lowest BCUT2D eigenvalue weighted by Crippen LogP contribution is -2.42. The second kappa shape index (κ2) is 17.8. The summed E-state index contributed by atoms with van der Waals surface area (Å²) in [7, 11) is -0.650. The highest BCUT2D eigenvalue weighted by atomic mass is 32.2. The number of benzene rings is 2. The number of amides is 4. The molecule has 0 spiro atoms. The van der Waals surface area contributed by atoms with E-state index in [9.17, 15) is 22.8 Å². The van der Waals surface area contributed by atoms with Gasteiger partial charge in [-0.25, -0.2) is 4.79 Å². The summed E-state index contributed by atoms with van der Waals surface area (Å²) in [5.41, 5.74) is 1.01. The molecule has 0 atom stereocenters. The standard InChI is InChI=1S/C29H39N5O7.CH4O3S/c1-18(2)34(19(3)4)28(36)20-9-12-23(25(15-20)38-6)40-14-8-7-13-39-21-10-11-22-24(16-21)41-33-27(22)32-26(35)17-31-29(37)30-5;1-5(2,3)4/h9-12,15-16,18-19H,7-8,13-14,17H2,1-6H3,(H2,30,31,37)(H,32,33,35);1H3,(H,2,3,4). The van der Waals surface area contributed by atoms with Crippen LogP contribution in [0.1, 0.15) is 50.9 Å². The predicted molar refractivity (Wildman–Crippen MR) is 172 cm³/mol. The Labute approximate surface area is 268 Å². The monoisotopic (exact) mass is 665 g/mol. The lowest BCUT2D eigenvalue weighted by Gasteiger charge is -2.31. The SMILES string of the molecule is CNC(=O)NCC(=O)Nc1noc2cc(OCCCCOc3ccc(C(=O)N(C(C)C)C(C)C)cc3OC)ccc12.CS(=O)(=O)O. The number of hydrogen-bond acceptors (Lipinski definition) is 10. The fourth-order valence-corrected chi connectivity index (χ4v) is 4.23. The number of anilines is 1. The number of unbranched alkanes of at least 4 members (excludes halogenated alkanes) is 1. The molecule has 1 heterocycles. The summed E-state index contributed by atoms with van der Waals surface area (Å²) in [6.45, 7) is 8.71. The summed E-state index contributed by atoms with van der Waals surface area (Å²) in [4.78, 5) is 38.1. The number of rotatable bonds is 14. The third-order valence-electron chi connectivity index (χ3n) is 6.16. The van der Waals surface area contributed by atoms with Crippen molar-refractivity contribution in [3.8, 4) is 17.2 Å². The molecule has 0 saturated heterocycles. The van der Waals surface area contributed by atoms with Gasteiger partial charge in [-0.05, 0) is 70.9 Å². The maximum absolute atomic E-state index is 13.0. The van der Waals surface area contributed by atoms with E-state index in [1.165, 1.54) is 7.05 Å². The van der Waals surface area contributed by atoms with Crippen LogP contribution in [0.25, 0.3) is 11.0 Å². The second-order valence-electron chi connectivity index (χ2n) is 10.6. The van der Waals surface area contributed by atoms with Gasteiger partial charge in [0, 0.05) is 30.8 Å². The average molecular weight is 666 g/mol. The fraction of sp³-hybridized carbons (Fsp3) is 0.467. The van der Waals surface area contributed by atoms with E-state index in [-0.39, 0.29) is 30.4 Å². The molecule has 3 aromatic rings. The topological polar surface area (TPSA) is 199 Å². The zero-order valence-corrected chi connectivity index (χ0v) is 27.9. The van der Waals surface area contributed by atoms with E-state index in [1.54, 1.807) is 43.5 Å². The third-order valence-corrected chi connectivity index (χ3v) is 6.16. The van der Waals surface area contributed by atoms with Crippen LogP contribution in [-0.4, -0.2) is 93.1 Å². The van der Waals surface area contributed by atoms with Crippen molar-refractivity contribution in [1.29, 1.82) is 0 Å². The van der Waals surface area contributed by atoms with E-state index < -0.39 is 22.1 Å². The number of ether oxygens (including phenoxy) is 3. The number of urea groups is 1. The molecule has 15 nitrogen and oxygen atoms in total. The highest BCUT2D eigenvalue weighted by Crippen LogP contribution is 2.30. The van der Waals surface area contributed by atoms with E-state index >= 15 is 0 Å². The number of carbonyl (C=O) groups is 3. The van der Waals surface area contributed by atoms with E-state index in [4.69, 9.17) is 23.3 Å². The van der Waals surface area contributed by atoms with Gasteiger partial charge in [0.2, 0.25) is 5.91 Å². The van der Waals surface area contributed by atoms with Gasteiger partial charge in [-0.1, -0.05) is 5.16 Å². The van der Waals surface area contributed by atoms with Gasteiger partial charge < -0.3 is 39.6 Å². The molecule has 0 saturated carbocycles. The summed E-state index contributed by atoms with van der Waals surface area (Å²) >= 11 is 0. The van der Waals surface area contributed by atoms with Crippen molar-refractivity contribution in [2.75, 3.05) is 45.5 Å². The summed E-state index contributed by atoms with van der Waals surface area (Å²) in [6, 6.07) is 10.2. The second-order valence-corrected chi connectivity index (χ2v) is 12.0. The van der Waals surface area contributed by atoms with Gasteiger partial charge in [0.25, 0.3) is 16.0 Å². The van der Waals surface area contributed by atoms with Crippen LogP contribution in [0.4, 0.5) is 10.6 Å². The number of nitrogens with zero attached hydrogens (tertiary/aromatic N) is 2. The number of hydrogen-bond donors (Lipinski definition) is 4. The first-order chi connectivity index (χ1) is 21.6. The first-order valence-electron chi connectivity index (χ1n) is 14.5. The van der Waals surface area contributed by atoms with Crippen LogP contribution in [-0.2, 0) is 14.9 Å². The van der Waals surface area contributed by atoms with E-state index in [2.05, 4.69) is 21.1 Å². The molecule has 0 fully saturated rings. The maximum atomic E-state index is 13.0. The van der Waals surface area contributed by atoms with Crippen molar-refractivity contribution >= 4 is 44.8 Å². The lowest BCUT2D eigenvalue weighted by molar-refractivity contribution is -0.115. The maximum Gasteiger partial charge on any atom is 0.314 e. The summed E-state index contributed by atoms with van der Waals surface area (Å²) < 4.78 is 48.4. The molecular weight excluding hydrogens is 622 g/mol. The van der Waals surface area contributed by atoms with Crippen LogP contribution in [0.5, 0.6) is 17.2 Å². The van der Waals surface area contributed by atoms with Gasteiger partial charge in [0.15, 0.2) is 22.9 Å². The molecule has 16 heteroatoms. The highest BCUT2D eigenvalue weighted by Gasteiger charge is 2.23. The van der Waals surface area contributed by atoms with E-state index in [0.29, 0.717) is 53.3 Å².